The summed E-state index contributed by atoms with van der Waals surface area (Å²) in [4.78, 5) is 25.1. The molecule has 1 aliphatic rings. The first kappa shape index (κ1) is 14.5. The van der Waals surface area contributed by atoms with Crippen molar-refractivity contribution >= 4 is 11.9 Å². The van der Waals surface area contributed by atoms with Crippen LogP contribution in [-0.2, 0) is 27.3 Å². The van der Waals surface area contributed by atoms with Crippen LogP contribution in [0.3, 0.4) is 0 Å². The number of aliphatic carboxylic acids is 1. The van der Waals surface area contributed by atoms with Crippen molar-refractivity contribution < 1.29 is 19.4 Å². The smallest absolute Gasteiger partial charge is 0.326 e. The van der Waals surface area contributed by atoms with Gasteiger partial charge in [-0.15, -0.1) is 0 Å². The zero-order chi connectivity index (χ0) is 14.7. The molecule has 1 aromatic carbocycles. The number of methoxy groups -OCH3 is 1. The third kappa shape index (κ3) is 2.99. The average molecular weight is 277 g/mol. The lowest BCUT2D eigenvalue weighted by atomic mass is 9.93. The van der Waals surface area contributed by atoms with Crippen LogP contribution in [0.4, 0.5) is 0 Å². The number of rotatable bonds is 4. The van der Waals surface area contributed by atoms with Gasteiger partial charge in [0.1, 0.15) is 6.04 Å². The number of nitrogens with zero attached hydrogens (tertiary/aromatic N) is 1. The summed E-state index contributed by atoms with van der Waals surface area (Å²) < 4.78 is 5.08. The molecule has 2 rings (SSSR count). The Labute approximate surface area is 118 Å². The molecule has 1 aliphatic heterocycles. The van der Waals surface area contributed by atoms with Gasteiger partial charge in [-0.2, -0.15) is 0 Å². The maximum absolute atomic E-state index is 12.3. The van der Waals surface area contributed by atoms with E-state index < -0.39 is 12.0 Å². The number of fused-ring (bicyclic) bond motifs is 1. The molecule has 108 valence electrons. The molecular weight excluding hydrogens is 258 g/mol. The molecule has 1 N–H and O–H groups in total. The van der Waals surface area contributed by atoms with Gasteiger partial charge in [-0.3, -0.25) is 4.79 Å². The van der Waals surface area contributed by atoms with Crippen LogP contribution in [0.15, 0.2) is 24.3 Å². The molecule has 1 amide bonds. The van der Waals surface area contributed by atoms with Crippen molar-refractivity contribution in [2.75, 3.05) is 7.11 Å². The molecular formula is C15H19NO4. The zero-order valence-electron chi connectivity index (χ0n) is 11.7. The Morgan fingerprint density at radius 2 is 2.05 bits per heavy atom. The van der Waals surface area contributed by atoms with E-state index in [0.29, 0.717) is 13.0 Å². The number of benzene rings is 1. The van der Waals surface area contributed by atoms with Gasteiger partial charge in [0.05, 0.1) is 12.5 Å². The monoisotopic (exact) mass is 277 g/mol. The third-order valence-corrected chi connectivity index (χ3v) is 3.72. The first-order valence-electron chi connectivity index (χ1n) is 6.64. The van der Waals surface area contributed by atoms with Crippen LogP contribution in [0.2, 0.25) is 0 Å². The lowest BCUT2D eigenvalue weighted by molar-refractivity contribution is -0.152. The topological polar surface area (TPSA) is 66.8 Å². The number of carbonyl (C=O) groups is 2. The second-order valence-corrected chi connectivity index (χ2v) is 5.10. The van der Waals surface area contributed by atoms with Crippen molar-refractivity contribution in [2.45, 2.75) is 38.5 Å². The van der Waals surface area contributed by atoms with Gasteiger partial charge in [0.15, 0.2) is 0 Å². The number of hydrogen-bond donors (Lipinski definition) is 1. The molecule has 0 aliphatic carbocycles. The largest absolute Gasteiger partial charge is 0.480 e. The van der Waals surface area contributed by atoms with E-state index in [0.717, 1.165) is 11.1 Å². The average Bonchev–Trinajstić information content (AvgIpc) is 2.45. The van der Waals surface area contributed by atoms with Crippen LogP contribution < -0.4 is 0 Å². The molecule has 20 heavy (non-hydrogen) atoms. The summed E-state index contributed by atoms with van der Waals surface area (Å²) in [6.07, 6.45) is 0.343. The Balaban J connectivity index is 2.22. The number of carbonyl (C=O) groups excluding carboxylic acids is 1. The molecule has 1 aromatic rings. The van der Waals surface area contributed by atoms with Crippen molar-refractivity contribution in [3.05, 3.63) is 35.4 Å². The molecule has 5 nitrogen and oxygen atoms in total. The van der Waals surface area contributed by atoms with E-state index in [4.69, 9.17) is 4.74 Å². The van der Waals surface area contributed by atoms with Crippen LogP contribution in [0, 0.1) is 0 Å². The van der Waals surface area contributed by atoms with Crippen LogP contribution in [0.1, 0.15) is 24.5 Å². The second kappa shape index (κ2) is 6.05. The lowest BCUT2D eigenvalue weighted by Crippen LogP contribution is -2.49. The predicted molar refractivity (Wildman–Crippen MR) is 73.2 cm³/mol. The highest BCUT2D eigenvalue weighted by atomic mass is 16.5. The quantitative estimate of drug-likeness (QED) is 0.904. The summed E-state index contributed by atoms with van der Waals surface area (Å²) in [5, 5.41) is 9.35. The van der Waals surface area contributed by atoms with Gasteiger partial charge < -0.3 is 14.7 Å². The molecule has 0 spiro atoms. The second-order valence-electron chi connectivity index (χ2n) is 5.10. The SMILES string of the molecule is CO[C@H](C)CC(=O)N1Cc2ccccc2C[C@@H]1C(=O)O. The van der Waals surface area contributed by atoms with Crippen LogP contribution in [0.5, 0.6) is 0 Å². The normalized spacial score (nSPS) is 19.3. The molecule has 0 unspecified atom stereocenters. The first-order chi connectivity index (χ1) is 9.52. The van der Waals surface area contributed by atoms with E-state index >= 15 is 0 Å². The van der Waals surface area contributed by atoms with Crippen LogP contribution >= 0.6 is 0 Å². The molecule has 0 fully saturated rings. The van der Waals surface area contributed by atoms with Crippen LogP contribution in [-0.4, -0.2) is 41.1 Å². The fourth-order valence-electron chi connectivity index (χ4n) is 2.45. The number of amides is 1. The maximum atomic E-state index is 12.3. The van der Waals surface area contributed by atoms with Gasteiger partial charge in [-0.25, -0.2) is 4.79 Å². The Kier molecular flexibility index (Phi) is 4.39. The van der Waals surface area contributed by atoms with Gasteiger partial charge in [0.25, 0.3) is 0 Å². The minimum absolute atomic E-state index is 0.179. The number of hydrogen-bond acceptors (Lipinski definition) is 3. The van der Waals surface area contributed by atoms with Crippen molar-refractivity contribution in [1.29, 1.82) is 0 Å². The molecule has 0 saturated carbocycles. The minimum atomic E-state index is -0.960. The summed E-state index contributed by atoms with van der Waals surface area (Å²) >= 11 is 0. The van der Waals surface area contributed by atoms with Gasteiger partial charge in [0, 0.05) is 20.1 Å². The van der Waals surface area contributed by atoms with Gasteiger partial charge in [-0.05, 0) is 18.1 Å². The summed E-state index contributed by atoms with van der Waals surface area (Å²) in [6.45, 7) is 2.15. The Hall–Kier alpha value is -1.88. The zero-order valence-corrected chi connectivity index (χ0v) is 11.7. The van der Waals surface area contributed by atoms with E-state index in [2.05, 4.69) is 0 Å². The molecule has 0 aromatic heterocycles. The fourth-order valence-corrected chi connectivity index (χ4v) is 2.45. The van der Waals surface area contributed by atoms with Gasteiger partial charge in [0.2, 0.25) is 5.91 Å². The van der Waals surface area contributed by atoms with Crippen molar-refractivity contribution in [3.8, 4) is 0 Å². The molecule has 0 radical (unpaired) electrons. The molecule has 0 saturated heterocycles. The maximum Gasteiger partial charge on any atom is 0.326 e. The Morgan fingerprint density at radius 1 is 1.40 bits per heavy atom. The summed E-state index contributed by atoms with van der Waals surface area (Å²) in [5.41, 5.74) is 2.02. The summed E-state index contributed by atoms with van der Waals surface area (Å²) in [5.74, 6) is -1.14. The molecule has 1 heterocycles. The van der Waals surface area contributed by atoms with E-state index in [9.17, 15) is 14.7 Å². The fraction of sp³-hybridized carbons (Fsp3) is 0.467. The van der Waals surface area contributed by atoms with Crippen molar-refractivity contribution in [1.82, 2.24) is 4.90 Å². The highest BCUT2D eigenvalue weighted by Crippen LogP contribution is 2.24. The van der Waals surface area contributed by atoms with E-state index in [1.807, 2.05) is 24.3 Å². The highest BCUT2D eigenvalue weighted by molar-refractivity contribution is 5.84. The minimum Gasteiger partial charge on any atom is -0.480 e. The standard InChI is InChI=1S/C15H19NO4/c1-10(20-2)7-14(17)16-9-12-6-4-3-5-11(12)8-13(16)15(18)19/h3-6,10,13H,7-9H2,1-2H3,(H,18,19)/t10-,13-/m1/s1. The number of carboxylic acids is 1. The predicted octanol–water partition coefficient (Wildman–Crippen LogP) is 1.45. The summed E-state index contributed by atoms with van der Waals surface area (Å²) in [7, 11) is 1.54. The van der Waals surface area contributed by atoms with Crippen LogP contribution in [0.25, 0.3) is 0 Å². The number of ether oxygens (including phenoxy) is 1. The van der Waals surface area contributed by atoms with E-state index in [1.54, 1.807) is 6.92 Å². The number of carboxylic acid groups (broad SMARTS) is 1. The van der Waals surface area contributed by atoms with E-state index in [1.165, 1.54) is 12.0 Å². The molecule has 2 atom stereocenters. The Morgan fingerprint density at radius 3 is 2.65 bits per heavy atom. The Bertz CT molecular complexity index is 514. The van der Waals surface area contributed by atoms with Crippen molar-refractivity contribution in [3.63, 3.8) is 0 Å². The highest BCUT2D eigenvalue weighted by Gasteiger charge is 2.34. The van der Waals surface area contributed by atoms with E-state index in [-0.39, 0.29) is 18.4 Å². The third-order valence-electron chi connectivity index (χ3n) is 3.72. The van der Waals surface area contributed by atoms with Gasteiger partial charge >= 0.3 is 5.97 Å². The lowest BCUT2D eigenvalue weighted by Gasteiger charge is -2.35. The molecule has 5 heteroatoms. The van der Waals surface area contributed by atoms with Crippen molar-refractivity contribution in [2.24, 2.45) is 0 Å². The summed E-state index contributed by atoms with van der Waals surface area (Å²) in [6, 6.07) is 6.86. The first-order valence-corrected chi connectivity index (χ1v) is 6.64. The molecule has 0 bridgehead atoms. The van der Waals surface area contributed by atoms with Gasteiger partial charge in [-0.1, -0.05) is 24.3 Å².